The van der Waals surface area contributed by atoms with Crippen LogP contribution in [0.15, 0.2) is 134 Å². The molecule has 0 spiro atoms. The molecule has 0 saturated heterocycles. The molecule has 2 atom stereocenters. The van der Waals surface area contributed by atoms with E-state index in [9.17, 15) is 15.0 Å². The van der Waals surface area contributed by atoms with Crippen LogP contribution in [0.4, 0.5) is 0 Å². The highest BCUT2D eigenvalue weighted by Crippen LogP contribution is 2.09. The first kappa shape index (κ1) is 52.5. The van der Waals surface area contributed by atoms with Crippen molar-refractivity contribution >= 4 is 5.91 Å². The zero-order chi connectivity index (χ0) is 40.7. The van der Waals surface area contributed by atoms with Crippen molar-refractivity contribution in [2.75, 3.05) is 6.61 Å². The summed E-state index contributed by atoms with van der Waals surface area (Å²) in [5.41, 5.74) is 0. The zero-order valence-corrected chi connectivity index (χ0v) is 35.8. The van der Waals surface area contributed by atoms with E-state index in [2.05, 4.69) is 141 Å². The summed E-state index contributed by atoms with van der Waals surface area (Å²) in [6.07, 6.45) is 72.7. The largest absolute Gasteiger partial charge is 0.394 e. The molecule has 1 amide bonds. The van der Waals surface area contributed by atoms with Gasteiger partial charge in [0.25, 0.3) is 0 Å². The fourth-order valence-electron chi connectivity index (χ4n) is 5.69. The normalized spacial score (nSPS) is 14.3. The summed E-state index contributed by atoms with van der Waals surface area (Å²) >= 11 is 0. The summed E-state index contributed by atoms with van der Waals surface area (Å²) in [6.45, 7) is 4.13. The SMILES string of the molecule is CC/C=C\C/C=C\C/C=C\C/C=C\C/C=C\C/C=C\C/C=C\C/C=C\CCCCCCC(=O)NC(CO)C(O)/C=C/CC/C=C/CC/C=C/CCCCCCC. The molecule has 0 aromatic rings. The van der Waals surface area contributed by atoms with E-state index in [4.69, 9.17) is 0 Å². The van der Waals surface area contributed by atoms with Crippen molar-refractivity contribution in [1.29, 1.82) is 0 Å². The molecule has 0 bridgehead atoms. The van der Waals surface area contributed by atoms with Crippen molar-refractivity contribution in [3.63, 3.8) is 0 Å². The molecule has 0 aromatic heterocycles. The predicted molar refractivity (Wildman–Crippen MR) is 248 cm³/mol. The Balaban J connectivity index is 3.78. The molecular weight excluding hydrogens is 687 g/mol. The van der Waals surface area contributed by atoms with Crippen LogP contribution in [0.3, 0.4) is 0 Å². The third kappa shape index (κ3) is 41.7. The Morgan fingerprint density at radius 3 is 1.23 bits per heavy atom. The Labute approximate surface area is 345 Å². The van der Waals surface area contributed by atoms with E-state index < -0.39 is 12.1 Å². The quantitative estimate of drug-likeness (QED) is 0.0433. The van der Waals surface area contributed by atoms with Gasteiger partial charge in [-0.15, -0.1) is 0 Å². The van der Waals surface area contributed by atoms with E-state index in [1.807, 2.05) is 6.08 Å². The highest BCUT2D eigenvalue weighted by atomic mass is 16.3. The van der Waals surface area contributed by atoms with Gasteiger partial charge in [-0.1, -0.05) is 186 Å². The number of aliphatic hydroxyl groups is 2. The third-order valence-corrected chi connectivity index (χ3v) is 9.10. The second-order valence-corrected chi connectivity index (χ2v) is 14.4. The first-order valence-electron chi connectivity index (χ1n) is 22.4. The number of carbonyl (C=O) groups excluding carboxylic acids is 1. The van der Waals surface area contributed by atoms with Crippen LogP contribution in [0.5, 0.6) is 0 Å². The van der Waals surface area contributed by atoms with Crippen molar-refractivity contribution in [2.24, 2.45) is 0 Å². The number of hydrogen-bond donors (Lipinski definition) is 3. The minimum Gasteiger partial charge on any atom is -0.394 e. The van der Waals surface area contributed by atoms with Gasteiger partial charge in [-0.3, -0.25) is 4.79 Å². The fraction of sp³-hybridized carbons (Fsp3) is 0.558. The highest BCUT2D eigenvalue weighted by molar-refractivity contribution is 5.76. The van der Waals surface area contributed by atoms with Gasteiger partial charge in [-0.05, 0) is 109 Å². The predicted octanol–water partition coefficient (Wildman–Crippen LogP) is 14.3. The Kier molecular flexibility index (Phi) is 43.1. The molecule has 0 rings (SSSR count). The highest BCUT2D eigenvalue weighted by Gasteiger charge is 2.17. The number of allylic oxidation sites excluding steroid dienone is 21. The summed E-state index contributed by atoms with van der Waals surface area (Å²) in [5.74, 6) is -0.110. The minimum atomic E-state index is -0.890. The van der Waals surface area contributed by atoms with Crippen molar-refractivity contribution in [1.82, 2.24) is 5.32 Å². The fourth-order valence-corrected chi connectivity index (χ4v) is 5.69. The molecule has 0 aliphatic heterocycles. The average Bonchev–Trinajstić information content (AvgIpc) is 3.20. The molecule has 0 aliphatic rings. The number of hydrogen-bond acceptors (Lipinski definition) is 3. The molecule has 0 saturated carbocycles. The maximum absolute atomic E-state index is 12.4. The molecular formula is C52H83NO3. The number of amides is 1. The van der Waals surface area contributed by atoms with E-state index >= 15 is 0 Å². The molecule has 314 valence electrons. The molecule has 0 aliphatic carbocycles. The van der Waals surface area contributed by atoms with E-state index in [1.54, 1.807) is 6.08 Å². The van der Waals surface area contributed by atoms with Crippen molar-refractivity contribution in [2.45, 2.75) is 180 Å². The minimum absolute atomic E-state index is 0.110. The van der Waals surface area contributed by atoms with Crippen LogP contribution in [0, 0.1) is 0 Å². The molecule has 4 heteroatoms. The van der Waals surface area contributed by atoms with Crippen molar-refractivity contribution < 1.29 is 15.0 Å². The van der Waals surface area contributed by atoms with Crippen LogP contribution in [0.25, 0.3) is 0 Å². The monoisotopic (exact) mass is 770 g/mol. The Morgan fingerprint density at radius 2 is 0.804 bits per heavy atom. The van der Waals surface area contributed by atoms with Gasteiger partial charge in [0.15, 0.2) is 0 Å². The average molecular weight is 770 g/mol. The second-order valence-electron chi connectivity index (χ2n) is 14.4. The Hall–Kier alpha value is -3.47. The second kappa shape index (κ2) is 45.9. The Morgan fingerprint density at radius 1 is 0.446 bits per heavy atom. The molecule has 0 fully saturated rings. The lowest BCUT2D eigenvalue weighted by molar-refractivity contribution is -0.123. The zero-order valence-electron chi connectivity index (χ0n) is 35.8. The van der Waals surface area contributed by atoms with Gasteiger partial charge in [0.2, 0.25) is 5.91 Å². The summed E-state index contributed by atoms with van der Waals surface area (Å²) < 4.78 is 0. The molecule has 0 aromatic carbocycles. The topological polar surface area (TPSA) is 69.6 Å². The van der Waals surface area contributed by atoms with Crippen LogP contribution >= 0.6 is 0 Å². The van der Waals surface area contributed by atoms with Gasteiger partial charge < -0.3 is 15.5 Å². The number of carbonyl (C=O) groups is 1. The van der Waals surface area contributed by atoms with E-state index in [0.29, 0.717) is 6.42 Å². The van der Waals surface area contributed by atoms with Gasteiger partial charge >= 0.3 is 0 Å². The molecule has 0 radical (unpaired) electrons. The maximum Gasteiger partial charge on any atom is 0.220 e. The Bertz CT molecular complexity index is 1190. The first-order valence-corrected chi connectivity index (χ1v) is 22.4. The maximum atomic E-state index is 12.4. The summed E-state index contributed by atoms with van der Waals surface area (Å²) in [6, 6.07) is -0.669. The van der Waals surface area contributed by atoms with E-state index in [1.165, 1.54) is 38.5 Å². The van der Waals surface area contributed by atoms with Crippen LogP contribution in [-0.4, -0.2) is 34.9 Å². The number of unbranched alkanes of at least 4 members (excludes halogenated alkanes) is 11. The summed E-state index contributed by atoms with van der Waals surface area (Å²) in [4.78, 5) is 12.4. The lowest BCUT2D eigenvalue weighted by Gasteiger charge is -2.19. The standard InChI is InChI=1S/C52H83NO3/c1-3-5-7-9-11-13-15-17-19-20-21-22-23-24-25-26-27-28-29-30-31-32-34-36-38-40-42-44-46-48-52(56)53-50(49-54)51(55)47-45-43-41-39-37-35-33-18-16-14-12-10-8-6-4-2/h5,7,11,13,16-19,21-22,24-25,27-28,30-31,34,36-37,39,45,47,50-51,54-55H,3-4,6,8-10,12,14-15,20,23,26,29,32-33,35,38,40-44,46,48-49H2,1-2H3,(H,53,56)/b7-5-,13-11-,18-16+,19-17-,22-21-,25-24-,28-27-,31-30-,36-34-,39-37+,47-45+. The third-order valence-electron chi connectivity index (χ3n) is 9.10. The number of aliphatic hydroxyl groups excluding tert-OH is 2. The number of nitrogens with one attached hydrogen (secondary N) is 1. The number of rotatable bonds is 38. The molecule has 0 heterocycles. The van der Waals surface area contributed by atoms with Crippen molar-refractivity contribution in [3.8, 4) is 0 Å². The molecule has 4 nitrogen and oxygen atoms in total. The molecule has 2 unspecified atom stereocenters. The first-order chi connectivity index (χ1) is 27.7. The van der Waals surface area contributed by atoms with Crippen LogP contribution < -0.4 is 5.32 Å². The van der Waals surface area contributed by atoms with Crippen LogP contribution in [0.1, 0.15) is 168 Å². The van der Waals surface area contributed by atoms with Crippen molar-refractivity contribution in [3.05, 3.63) is 134 Å². The lowest BCUT2D eigenvalue weighted by atomic mass is 10.1. The summed E-state index contributed by atoms with van der Waals surface area (Å²) in [5, 5.41) is 22.9. The molecule has 3 N–H and O–H groups in total. The smallest absolute Gasteiger partial charge is 0.220 e. The lowest BCUT2D eigenvalue weighted by Crippen LogP contribution is -2.45. The van der Waals surface area contributed by atoms with E-state index in [-0.39, 0.29) is 12.5 Å². The molecule has 56 heavy (non-hydrogen) atoms. The van der Waals surface area contributed by atoms with Gasteiger partial charge in [0, 0.05) is 6.42 Å². The van der Waals surface area contributed by atoms with Crippen LogP contribution in [0.2, 0.25) is 0 Å². The van der Waals surface area contributed by atoms with Crippen LogP contribution in [-0.2, 0) is 4.79 Å². The van der Waals surface area contributed by atoms with Gasteiger partial charge in [-0.2, -0.15) is 0 Å². The summed E-state index contributed by atoms with van der Waals surface area (Å²) in [7, 11) is 0. The van der Waals surface area contributed by atoms with Gasteiger partial charge in [-0.25, -0.2) is 0 Å². The van der Waals surface area contributed by atoms with Gasteiger partial charge in [0.1, 0.15) is 0 Å². The van der Waals surface area contributed by atoms with Gasteiger partial charge in [0.05, 0.1) is 18.8 Å². The van der Waals surface area contributed by atoms with E-state index in [0.717, 1.165) is 109 Å².